The van der Waals surface area contributed by atoms with Crippen molar-refractivity contribution in [2.45, 2.75) is 39.2 Å². The van der Waals surface area contributed by atoms with Crippen LogP contribution in [0.1, 0.15) is 60.8 Å². The van der Waals surface area contributed by atoms with Crippen LogP contribution in [0.5, 0.6) is 11.5 Å². The van der Waals surface area contributed by atoms with Gasteiger partial charge in [-0.1, -0.05) is 37.4 Å². The van der Waals surface area contributed by atoms with Gasteiger partial charge in [0.15, 0.2) is 16.9 Å². The van der Waals surface area contributed by atoms with Gasteiger partial charge in [-0.05, 0) is 49.2 Å². The van der Waals surface area contributed by atoms with Crippen molar-refractivity contribution in [2.24, 2.45) is 0 Å². The Balaban J connectivity index is 1.73. The van der Waals surface area contributed by atoms with E-state index in [9.17, 15) is 9.59 Å². The van der Waals surface area contributed by atoms with Crippen LogP contribution in [0, 0.1) is 0 Å². The fraction of sp³-hybridized carbons (Fsp3) is 0.333. The van der Waals surface area contributed by atoms with Crippen LogP contribution in [-0.4, -0.2) is 19.1 Å². The molecule has 3 aromatic rings. The molecular weight excluding hydrogens is 418 g/mol. The number of halogens is 1. The molecule has 1 amide bonds. The summed E-state index contributed by atoms with van der Waals surface area (Å²) in [5.41, 5.74) is 1.04. The third-order valence-corrected chi connectivity index (χ3v) is 5.50. The van der Waals surface area contributed by atoms with Gasteiger partial charge in [0.05, 0.1) is 30.2 Å². The fourth-order valence-corrected chi connectivity index (χ4v) is 3.93. The molecule has 0 aliphatic carbocycles. The number of ether oxygens (including phenoxy) is 2. The first-order chi connectivity index (χ1) is 15.0. The summed E-state index contributed by atoms with van der Waals surface area (Å²) in [7, 11) is 0. The average molecular weight is 442 g/mol. The van der Waals surface area contributed by atoms with Gasteiger partial charge in [0, 0.05) is 5.02 Å². The van der Waals surface area contributed by atoms with E-state index in [2.05, 4.69) is 12.2 Å². The number of rotatable bonds is 8. The first kappa shape index (κ1) is 21.2. The molecule has 1 aromatic heterocycles. The van der Waals surface area contributed by atoms with Crippen molar-refractivity contribution in [3.05, 3.63) is 68.5 Å². The Labute approximate surface area is 185 Å². The van der Waals surface area contributed by atoms with Crippen LogP contribution in [0.3, 0.4) is 0 Å². The molecule has 1 atom stereocenters. The van der Waals surface area contributed by atoms with Crippen molar-refractivity contribution >= 4 is 28.5 Å². The van der Waals surface area contributed by atoms with E-state index in [1.165, 1.54) is 0 Å². The Kier molecular flexibility index (Phi) is 6.18. The highest BCUT2D eigenvalue weighted by Gasteiger charge is 2.36. The monoisotopic (exact) mass is 441 g/mol. The highest BCUT2D eigenvalue weighted by Crippen LogP contribution is 2.36. The summed E-state index contributed by atoms with van der Waals surface area (Å²) in [6.45, 7) is 5.10. The van der Waals surface area contributed by atoms with Crippen LogP contribution < -0.4 is 20.2 Å². The summed E-state index contributed by atoms with van der Waals surface area (Å²) in [6.07, 6.45) is 3.18. The summed E-state index contributed by atoms with van der Waals surface area (Å²) < 4.78 is 17.4. The lowest BCUT2D eigenvalue weighted by Crippen LogP contribution is -2.22. The minimum atomic E-state index is -0.643. The third-order valence-electron chi connectivity index (χ3n) is 5.26. The van der Waals surface area contributed by atoms with Gasteiger partial charge in [0.25, 0.3) is 5.91 Å². The maximum atomic E-state index is 13.2. The Morgan fingerprint density at radius 2 is 1.87 bits per heavy atom. The van der Waals surface area contributed by atoms with Gasteiger partial charge in [-0.25, -0.2) is 0 Å². The zero-order valence-corrected chi connectivity index (χ0v) is 18.3. The summed E-state index contributed by atoms with van der Waals surface area (Å²) in [4.78, 5) is 25.8. The number of nitrogens with one attached hydrogen (secondary N) is 1. The molecule has 0 bridgehead atoms. The Hall–Kier alpha value is -2.99. The van der Waals surface area contributed by atoms with Crippen LogP contribution in [0.25, 0.3) is 11.0 Å². The van der Waals surface area contributed by atoms with Crippen molar-refractivity contribution in [3.63, 3.8) is 0 Å². The molecule has 2 heterocycles. The molecule has 6 nitrogen and oxygen atoms in total. The number of fused-ring (bicyclic) bond motifs is 2. The molecule has 0 spiro atoms. The second-order valence-electron chi connectivity index (χ2n) is 7.42. The molecule has 0 fully saturated rings. The van der Waals surface area contributed by atoms with E-state index in [0.717, 1.165) is 19.3 Å². The highest BCUT2D eigenvalue weighted by molar-refractivity contribution is 6.31. The molecule has 1 aliphatic heterocycles. The topological polar surface area (TPSA) is 77.8 Å². The van der Waals surface area contributed by atoms with E-state index in [0.29, 0.717) is 46.3 Å². The van der Waals surface area contributed by atoms with E-state index in [4.69, 9.17) is 25.5 Å². The number of amides is 1. The van der Waals surface area contributed by atoms with Crippen LogP contribution in [0.4, 0.5) is 0 Å². The van der Waals surface area contributed by atoms with Gasteiger partial charge in [-0.3, -0.25) is 9.59 Å². The van der Waals surface area contributed by atoms with Gasteiger partial charge in [-0.15, -0.1) is 0 Å². The van der Waals surface area contributed by atoms with Crippen molar-refractivity contribution in [1.29, 1.82) is 0 Å². The van der Waals surface area contributed by atoms with Gasteiger partial charge < -0.3 is 19.2 Å². The first-order valence-corrected chi connectivity index (χ1v) is 10.9. The minimum Gasteiger partial charge on any atom is -0.490 e. The highest BCUT2D eigenvalue weighted by atomic mass is 35.5. The van der Waals surface area contributed by atoms with Crippen molar-refractivity contribution in [2.75, 3.05) is 13.2 Å². The number of carbonyl (C=O) groups is 1. The molecule has 1 N–H and O–H groups in total. The van der Waals surface area contributed by atoms with E-state index in [1.807, 2.05) is 19.1 Å². The van der Waals surface area contributed by atoms with Crippen molar-refractivity contribution < 1.29 is 18.7 Å². The normalized spacial score (nSPS) is 15.1. The zero-order chi connectivity index (χ0) is 22.0. The van der Waals surface area contributed by atoms with Crippen molar-refractivity contribution in [3.8, 4) is 11.5 Å². The molecule has 7 heteroatoms. The summed E-state index contributed by atoms with van der Waals surface area (Å²) in [5, 5.41) is 3.62. The molecule has 1 unspecified atom stereocenters. The average Bonchev–Trinajstić information content (AvgIpc) is 3.09. The van der Waals surface area contributed by atoms with Gasteiger partial charge >= 0.3 is 0 Å². The number of hydrogen-bond acceptors (Lipinski definition) is 5. The SMILES string of the molecule is CCCCCOc1ccc(C2NC(=O)c3oc4ccc(Cl)cc4c(=O)c32)cc1OCC. The van der Waals surface area contributed by atoms with Crippen LogP contribution in [0.15, 0.2) is 45.6 Å². The molecule has 31 heavy (non-hydrogen) atoms. The van der Waals surface area contributed by atoms with E-state index >= 15 is 0 Å². The third kappa shape index (κ3) is 4.12. The molecule has 1 aliphatic rings. The smallest absolute Gasteiger partial charge is 0.288 e. The van der Waals surface area contributed by atoms with Crippen LogP contribution >= 0.6 is 11.6 Å². The molecule has 0 saturated heterocycles. The maximum Gasteiger partial charge on any atom is 0.288 e. The Bertz CT molecular complexity index is 1190. The standard InChI is InChI=1S/C24H24ClNO5/c1-3-5-6-11-30-18-9-7-14(12-19(18)29-4-2)21-20-22(27)16-13-15(25)8-10-17(16)31-23(20)24(28)26-21/h7-10,12-13,21H,3-6,11H2,1-2H3,(H,26,28). The molecule has 4 rings (SSSR count). The van der Waals surface area contributed by atoms with Gasteiger partial charge in [0.2, 0.25) is 5.76 Å². The second kappa shape index (κ2) is 9.02. The molecule has 0 saturated carbocycles. The lowest BCUT2D eigenvalue weighted by molar-refractivity contribution is 0.0938. The zero-order valence-electron chi connectivity index (χ0n) is 17.5. The summed E-state index contributed by atoms with van der Waals surface area (Å²) in [5.74, 6) is 0.825. The van der Waals surface area contributed by atoms with Crippen LogP contribution in [-0.2, 0) is 0 Å². The second-order valence-corrected chi connectivity index (χ2v) is 7.85. The quantitative estimate of drug-likeness (QED) is 0.483. The Morgan fingerprint density at radius 1 is 1.03 bits per heavy atom. The number of hydrogen-bond donors (Lipinski definition) is 1. The van der Waals surface area contributed by atoms with E-state index in [-0.39, 0.29) is 16.8 Å². The number of carbonyl (C=O) groups excluding carboxylic acids is 1. The first-order valence-electron chi connectivity index (χ1n) is 10.5. The number of unbranched alkanes of at least 4 members (excludes halogenated alkanes) is 2. The fourth-order valence-electron chi connectivity index (χ4n) is 3.76. The summed E-state index contributed by atoms with van der Waals surface area (Å²) in [6, 6.07) is 9.59. The van der Waals surface area contributed by atoms with Crippen molar-refractivity contribution in [1.82, 2.24) is 5.32 Å². The maximum absolute atomic E-state index is 13.2. The minimum absolute atomic E-state index is 0.0303. The largest absolute Gasteiger partial charge is 0.490 e. The lowest BCUT2D eigenvalue weighted by atomic mass is 9.99. The lowest BCUT2D eigenvalue weighted by Gasteiger charge is -2.16. The number of benzene rings is 2. The van der Waals surface area contributed by atoms with Gasteiger partial charge in [-0.2, -0.15) is 0 Å². The van der Waals surface area contributed by atoms with E-state index in [1.54, 1.807) is 24.3 Å². The molecular formula is C24H24ClNO5. The predicted octanol–water partition coefficient (Wildman–Crippen LogP) is 5.25. The van der Waals surface area contributed by atoms with Crippen LogP contribution in [0.2, 0.25) is 5.02 Å². The molecule has 2 aromatic carbocycles. The Morgan fingerprint density at radius 3 is 2.65 bits per heavy atom. The predicted molar refractivity (Wildman–Crippen MR) is 119 cm³/mol. The molecule has 0 radical (unpaired) electrons. The summed E-state index contributed by atoms with van der Waals surface area (Å²) >= 11 is 6.06. The molecule has 162 valence electrons. The van der Waals surface area contributed by atoms with Gasteiger partial charge in [0.1, 0.15) is 5.58 Å². The van der Waals surface area contributed by atoms with E-state index < -0.39 is 11.9 Å².